The van der Waals surface area contributed by atoms with Gasteiger partial charge in [-0.05, 0) is 46.0 Å². The van der Waals surface area contributed by atoms with E-state index in [1.807, 2.05) is 60.7 Å². The molecule has 208 valence electrons. The molecule has 0 fully saturated rings. The molecule has 4 aromatic carbocycles. The Labute approximate surface area is 276 Å². The first-order valence-electron chi connectivity index (χ1n) is 11.5. The first kappa shape index (κ1) is 32.3. The lowest BCUT2D eigenvalue weighted by atomic mass is 10.0. The van der Waals surface area contributed by atoms with Crippen molar-refractivity contribution in [2.45, 2.75) is 0 Å². The SMILES string of the molecule is Clc1nc(-c2cccc(-c3ccccc3)c2)nc(-c2cccc(-c3ccccc3)c2)n1.S=S=S=S=S=S=S=S=S=S. The minimum atomic E-state index is 0.176. The van der Waals surface area contributed by atoms with E-state index in [-0.39, 0.29) is 5.28 Å². The van der Waals surface area contributed by atoms with E-state index in [1.165, 1.54) is 17.8 Å². The largest absolute Gasteiger partial charge is 0.226 e. The molecule has 0 aliphatic rings. The topological polar surface area (TPSA) is 38.7 Å². The highest BCUT2D eigenvalue weighted by Gasteiger charge is 2.11. The molecule has 1 aromatic heterocycles. The normalized spacial score (nSPS) is 9.78. The van der Waals surface area contributed by atoms with E-state index in [4.69, 9.17) is 16.6 Å². The molecule has 0 radical (unpaired) electrons. The van der Waals surface area contributed by atoms with Crippen LogP contribution < -0.4 is 0 Å². The van der Waals surface area contributed by atoms with Crippen molar-refractivity contribution in [2.24, 2.45) is 0 Å². The summed E-state index contributed by atoms with van der Waals surface area (Å²) < 4.78 is 0. The molecule has 0 unspecified atom stereocenters. The van der Waals surface area contributed by atoms with Crippen molar-refractivity contribution >= 4 is 105 Å². The van der Waals surface area contributed by atoms with Crippen LogP contribution in [0.2, 0.25) is 5.28 Å². The van der Waals surface area contributed by atoms with Gasteiger partial charge in [-0.15, -0.1) is 0 Å². The van der Waals surface area contributed by atoms with Crippen LogP contribution in [-0.2, 0) is 93.4 Å². The summed E-state index contributed by atoms with van der Waals surface area (Å²) in [5.41, 5.74) is 6.27. The molecule has 5 aromatic rings. The second-order valence-corrected chi connectivity index (χ2v) is 22.2. The molecule has 0 N–H and O–H groups in total. The van der Waals surface area contributed by atoms with Gasteiger partial charge in [0, 0.05) is 105 Å². The van der Waals surface area contributed by atoms with E-state index in [1.54, 1.807) is 53.3 Å². The number of halogens is 1. The van der Waals surface area contributed by atoms with Crippen LogP contribution in [-0.4, -0.2) is 15.0 Å². The quantitative estimate of drug-likeness (QED) is 0.196. The predicted molar refractivity (Wildman–Crippen MR) is 200 cm³/mol. The number of hydrogen-bond acceptors (Lipinski definition) is 5. The van der Waals surface area contributed by atoms with Gasteiger partial charge in [-0.2, -0.15) is 9.97 Å². The summed E-state index contributed by atoms with van der Waals surface area (Å²) in [5, 5.41) is 0.176. The molecule has 0 aliphatic carbocycles. The maximum absolute atomic E-state index is 6.30. The van der Waals surface area contributed by atoms with E-state index in [9.17, 15) is 0 Å². The van der Waals surface area contributed by atoms with Crippen molar-refractivity contribution in [3.05, 3.63) is 114 Å². The molecular formula is C27H18ClN3S10. The Morgan fingerprint density at radius 1 is 0.415 bits per heavy atom. The lowest BCUT2D eigenvalue weighted by Crippen LogP contribution is -1.97. The Bertz CT molecular complexity index is 1850. The highest BCUT2D eigenvalue weighted by atomic mass is 35.5. The Balaban J connectivity index is 0.000000334. The maximum atomic E-state index is 6.30. The van der Waals surface area contributed by atoms with Crippen LogP contribution >= 0.6 is 11.6 Å². The number of benzene rings is 4. The summed E-state index contributed by atoms with van der Waals surface area (Å²) in [6.07, 6.45) is 0. The van der Waals surface area contributed by atoms with Gasteiger partial charge in [0.05, 0.1) is 0 Å². The van der Waals surface area contributed by atoms with Crippen LogP contribution in [0.5, 0.6) is 0 Å². The van der Waals surface area contributed by atoms with Crippen molar-refractivity contribution in [1.29, 1.82) is 0 Å². The molecule has 14 heteroatoms. The zero-order valence-corrected chi connectivity index (χ0v) is 29.6. The first-order valence-corrected chi connectivity index (χ1v) is 23.9. The minimum Gasteiger partial charge on any atom is -0.208 e. The number of hydrogen-bond donors (Lipinski definition) is 0. The van der Waals surface area contributed by atoms with Crippen molar-refractivity contribution in [2.75, 3.05) is 0 Å². The Hall–Kier alpha value is -1.62. The molecule has 41 heavy (non-hydrogen) atoms. The van der Waals surface area contributed by atoms with Crippen LogP contribution in [0.1, 0.15) is 0 Å². The first-order chi connectivity index (χ1) is 20.2. The van der Waals surface area contributed by atoms with Crippen molar-refractivity contribution in [3.63, 3.8) is 0 Å². The molecule has 5 rings (SSSR count). The average molecular weight is 741 g/mol. The summed E-state index contributed by atoms with van der Waals surface area (Å²) in [7, 11) is 12.7. The van der Waals surface area contributed by atoms with Gasteiger partial charge in [0.15, 0.2) is 11.6 Å². The van der Waals surface area contributed by atoms with Crippen molar-refractivity contribution < 1.29 is 0 Å². The smallest absolute Gasteiger partial charge is 0.208 e. The lowest BCUT2D eigenvalue weighted by Gasteiger charge is -2.08. The molecule has 0 saturated heterocycles. The number of aromatic nitrogens is 3. The maximum Gasteiger partial charge on any atom is 0.226 e. The van der Waals surface area contributed by atoms with Crippen molar-refractivity contribution in [3.8, 4) is 45.0 Å². The summed E-state index contributed by atoms with van der Waals surface area (Å²) in [6.45, 7) is 0. The fourth-order valence-electron chi connectivity index (χ4n) is 3.61. The molecule has 0 bridgehead atoms. The monoisotopic (exact) mass is 739 g/mol. The second-order valence-electron chi connectivity index (χ2n) is 7.69. The number of rotatable bonds is 4. The van der Waals surface area contributed by atoms with E-state index >= 15 is 0 Å². The molecule has 0 saturated carbocycles. The summed E-state index contributed by atoms with van der Waals surface area (Å²) in [5.74, 6) is 1.11. The summed E-state index contributed by atoms with van der Waals surface area (Å²) in [4.78, 5) is 13.5. The van der Waals surface area contributed by atoms with Crippen molar-refractivity contribution in [1.82, 2.24) is 15.0 Å². The molecular weight excluding hydrogens is 722 g/mol. The van der Waals surface area contributed by atoms with Gasteiger partial charge in [0.25, 0.3) is 0 Å². The molecule has 3 nitrogen and oxygen atoms in total. The lowest BCUT2D eigenvalue weighted by molar-refractivity contribution is 1.07. The van der Waals surface area contributed by atoms with Crippen LogP contribution in [0.3, 0.4) is 0 Å². The average Bonchev–Trinajstić information content (AvgIpc) is 3.04. The van der Waals surface area contributed by atoms with Gasteiger partial charge in [-0.3, -0.25) is 0 Å². The standard InChI is InChI=1S/C27H18ClN3.S10/c28-27-30-25(23-15-7-13-21(17-23)19-9-3-1-4-10-19)29-26(31-27)24-16-8-14-22(18-24)20-11-5-2-6-12-20;1-3-5-7-9-10-8-6-4-2/h1-18H;. The fraction of sp³-hybridized carbons (Fsp3) is 0. The Kier molecular flexibility index (Phi) is 14.3. The van der Waals surface area contributed by atoms with Gasteiger partial charge in [-0.1, -0.05) is 97.1 Å². The van der Waals surface area contributed by atoms with Gasteiger partial charge >= 0.3 is 0 Å². The van der Waals surface area contributed by atoms with Crippen LogP contribution in [0.15, 0.2) is 109 Å². The van der Waals surface area contributed by atoms with Gasteiger partial charge < -0.3 is 0 Å². The molecule has 0 aliphatic heterocycles. The third-order valence-corrected chi connectivity index (χ3v) is 21.0. The Morgan fingerprint density at radius 2 is 0.780 bits per heavy atom. The fourth-order valence-corrected chi connectivity index (χ4v) is 20.2. The van der Waals surface area contributed by atoms with E-state index in [2.05, 4.69) is 80.9 Å². The van der Waals surface area contributed by atoms with Gasteiger partial charge in [-0.25, -0.2) is 4.98 Å². The third kappa shape index (κ3) is 10.6. The van der Waals surface area contributed by atoms with E-state index in [0.717, 1.165) is 33.4 Å². The highest BCUT2D eigenvalue weighted by molar-refractivity contribution is 8.73. The van der Waals surface area contributed by atoms with Crippen LogP contribution in [0.4, 0.5) is 0 Å². The van der Waals surface area contributed by atoms with E-state index in [0.29, 0.717) is 11.6 Å². The Morgan fingerprint density at radius 3 is 1.20 bits per heavy atom. The zero-order valence-electron chi connectivity index (χ0n) is 20.7. The molecule has 0 atom stereocenters. The summed E-state index contributed by atoms with van der Waals surface area (Å²) in [6, 6.07) is 36.7. The van der Waals surface area contributed by atoms with E-state index < -0.39 is 0 Å². The number of nitrogens with zero attached hydrogens (tertiary/aromatic N) is 3. The third-order valence-electron chi connectivity index (χ3n) is 5.26. The van der Waals surface area contributed by atoms with Crippen LogP contribution in [0.25, 0.3) is 45.0 Å². The molecule has 0 amide bonds. The second kappa shape index (κ2) is 18.1. The summed E-state index contributed by atoms with van der Waals surface area (Å²) >= 11 is 15.6. The zero-order chi connectivity index (χ0) is 28.7. The molecule has 0 spiro atoms. The highest BCUT2D eigenvalue weighted by Crippen LogP contribution is 2.28. The minimum absolute atomic E-state index is 0.176. The van der Waals surface area contributed by atoms with Gasteiger partial charge in [0.1, 0.15) is 0 Å². The predicted octanol–water partition coefficient (Wildman–Crippen LogP) is 7.17. The van der Waals surface area contributed by atoms with Crippen LogP contribution in [0, 0.1) is 0 Å². The van der Waals surface area contributed by atoms with Gasteiger partial charge in [0.2, 0.25) is 5.28 Å². The molecule has 1 heterocycles.